The topological polar surface area (TPSA) is 3.88 Å². The smallest absolute Gasteiger partial charge is 0.194 e. The molecule has 0 spiro atoms. The SMILES string of the molecule is c1ccc(C[n+]2ccccc2-c2ccc(C3CCCCC3)cc2)cc1. The zero-order valence-corrected chi connectivity index (χ0v) is 14.8. The summed E-state index contributed by atoms with van der Waals surface area (Å²) >= 11 is 0. The first-order valence-electron chi connectivity index (χ1n) is 9.53. The normalized spacial score (nSPS) is 15.2. The fourth-order valence-electron chi connectivity index (χ4n) is 4.02. The lowest BCUT2D eigenvalue weighted by molar-refractivity contribution is -0.677. The van der Waals surface area contributed by atoms with E-state index in [1.807, 2.05) is 0 Å². The summed E-state index contributed by atoms with van der Waals surface area (Å²) < 4.78 is 2.34. The van der Waals surface area contributed by atoms with Gasteiger partial charge in [-0.25, -0.2) is 0 Å². The zero-order valence-electron chi connectivity index (χ0n) is 14.8. The lowest BCUT2D eigenvalue weighted by atomic mass is 9.84. The maximum atomic E-state index is 2.35. The van der Waals surface area contributed by atoms with E-state index in [9.17, 15) is 0 Å². The first-order chi connectivity index (χ1) is 12.4. The molecule has 1 aromatic heterocycles. The predicted octanol–water partition coefficient (Wildman–Crippen LogP) is 5.74. The summed E-state index contributed by atoms with van der Waals surface area (Å²) in [4.78, 5) is 0. The Bertz CT molecular complexity index is 799. The molecule has 4 rings (SSSR count). The van der Waals surface area contributed by atoms with Gasteiger partial charge in [-0.05, 0) is 42.5 Å². The van der Waals surface area contributed by atoms with Gasteiger partial charge in [0.25, 0.3) is 0 Å². The van der Waals surface area contributed by atoms with Gasteiger partial charge in [-0.1, -0.05) is 61.7 Å². The molecule has 0 aliphatic heterocycles. The van der Waals surface area contributed by atoms with E-state index in [0.717, 1.165) is 12.5 Å². The molecule has 0 atom stereocenters. The maximum Gasteiger partial charge on any atom is 0.212 e. The summed E-state index contributed by atoms with van der Waals surface area (Å²) in [5.41, 5.74) is 5.44. The van der Waals surface area contributed by atoms with E-state index < -0.39 is 0 Å². The third kappa shape index (κ3) is 3.82. The minimum absolute atomic E-state index is 0.773. The Labute approximate surface area is 151 Å². The summed E-state index contributed by atoms with van der Waals surface area (Å²) in [5, 5.41) is 0. The number of aromatic nitrogens is 1. The van der Waals surface area contributed by atoms with Crippen molar-refractivity contribution in [2.45, 2.75) is 44.6 Å². The van der Waals surface area contributed by atoms with E-state index in [1.54, 1.807) is 0 Å². The van der Waals surface area contributed by atoms with E-state index in [1.165, 1.54) is 54.5 Å². The summed E-state index contributed by atoms with van der Waals surface area (Å²) in [6, 6.07) is 26.5. The van der Waals surface area contributed by atoms with Gasteiger partial charge in [0, 0.05) is 23.3 Å². The molecule has 1 heterocycles. The Kier molecular flexibility index (Phi) is 4.92. The molecule has 1 fully saturated rings. The van der Waals surface area contributed by atoms with Crippen LogP contribution in [0.15, 0.2) is 79.0 Å². The second-order valence-corrected chi connectivity index (χ2v) is 7.16. The molecule has 3 aromatic rings. The molecule has 0 unspecified atom stereocenters. The van der Waals surface area contributed by atoms with Crippen LogP contribution in [0.4, 0.5) is 0 Å². The molecule has 25 heavy (non-hydrogen) atoms. The highest BCUT2D eigenvalue weighted by Gasteiger charge is 2.17. The molecule has 0 amide bonds. The molecule has 0 radical (unpaired) electrons. The minimum Gasteiger partial charge on any atom is -0.194 e. The van der Waals surface area contributed by atoms with Crippen molar-refractivity contribution in [1.29, 1.82) is 0 Å². The quantitative estimate of drug-likeness (QED) is 0.538. The van der Waals surface area contributed by atoms with Crippen LogP contribution in [0.5, 0.6) is 0 Å². The van der Waals surface area contributed by atoms with Crippen LogP contribution >= 0.6 is 0 Å². The predicted molar refractivity (Wildman–Crippen MR) is 103 cm³/mol. The van der Waals surface area contributed by atoms with Crippen molar-refractivity contribution in [3.8, 4) is 11.3 Å². The number of hydrogen-bond acceptors (Lipinski definition) is 0. The van der Waals surface area contributed by atoms with Gasteiger partial charge < -0.3 is 0 Å². The van der Waals surface area contributed by atoms with Crippen LogP contribution in [0.2, 0.25) is 0 Å². The second-order valence-electron chi connectivity index (χ2n) is 7.16. The lowest BCUT2D eigenvalue weighted by Gasteiger charge is -2.22. The Morgan fingerprint density at radius 2 is 1.44 bits per heavy atom. The average molecular weight is 328 g/mol. The number of benzene rings is 2. The number of hydrogen-bond donors (Lipinski definition) is 0. The molecule has 126 valence electrons. The number of pyridine rings is 1. The highest BCUT2D eigenvalue weighted by molar-refractivity contribution is 5.56. The van der Waals surface area contributed by atoms with Crippen LogP contribution in [-0.2, 0) is 6.54 Å². The van der Waals surface area contributed by atoms with Crippen LogP contribution in [-0.4, -0.2) is 0 Å². The van der Waals surface area contributed by atoms with Gasteiger partial charge in [0.15, 0.2) is 12.7 Å². The fourth-order valence-corrected chi connectivity index (χ4v) is 4.02. The molecule has 1 heteroatoms. The van der Waals surface area contributed by atoms with Crippen molar-refractivity contribution in [3.05, 3.63) is 90.1 Å². The van der Waals surface area contributed by atoms with E-state index in [0.29, 0.717) is 0 Å². The Morgan fingerprint density at radius 3 is 2.20 bits per heavy atom. The van der Waals surface area contributed by atoms with Crippen molar-refractivity contribution in [1.82, 2.24) is 0 Å². The van der Waals surface area contributed by atoms with Crippen molar-refractivity contribution in [3.63, 3.8) is 0 Å². The van der Waals surface area contributed by atoms with Crippen LogP contribution in [0.25, 0.3) is 11.3 Å². The molecule has 1 aliphatic carbocycles. The first kappa shape index (κ1) is 16.1. The van der Waals surface area contributed by atoms with E-state index in [2.05, 4.69) is 83.6 Å². The van der Waals surface area contributed by atoms with Crippen molar-refractivity contribution in [2.24, 2.45) is 0 Å². The maximum absolute atomic E-state index is 2.35. The monoisotopic (exact) mass is 328 g/mol. The van der Waals surface area contributed by atoms with Crippen LogP contribution in [0.3, 0.4) is 0 Å². The van der Waals surface area contributed by atoms with Gasteiger partial charge in [-0.15, -0.1) is 0 Å². The average Bonchev–Trinajstić information content (AvgIpc) is 2.70. The summed E-state index contributed by atoms with van der Waals surface area (Å²) in [5.74, 6) is 0.773. The highest BCUT2D eigenvalue weighted by atomic mass is 15.0. The third-order valence-corrected chi connectivity index (χ3v) is 5.42. The highest BCUT2D eigenvalue weighted by Crippen LogP contribution is 2.33. The Morgan fingerprint density at radius 1 is 0.720 bits per heavy atom. The molecule has 2 aromatic carbocycles. The van der Waals surface area contributed by atoms with Gasteiger partial charge in [0.2, 0.25) is 5.69 Å². The molecule has 0 N–H and O–H groups in total. The molecule has 1 nitrogen and oxygen atoms in total. The Balaban J connectivity index is 1.59. The summed E-state index contributed by atoms with van der Waals surface area (Å²) in [7, 11) is 0. The molecular formula is C24H26N+. The van der Waals surface area contributed by atoms with E-state index >= 15 is 0 Å². The molecular weight excluding hydrogens is 302 g/mol. The van der Waals surface area contributed by atoms with Gasteiger partial charge in [-0.2, -0.15) is 4.57 Å². The fraction of sp³-hybridized carbons (Fsp3) is 0.292. The largest absolute Gasteiger partial charge is 0.212 e. The standard InChI is InChI=1S/C24H26N/c1-3-9-20(10-4-1)19-25-18-8-7-13-24(25)23-16-14-22(15-17-23)21-11-5-2-6-12-21/h1,3-4,7-10,13-18,21H,2,5-6,11-12,19H2/q+1. The van der Waals surface area contributed by atoms with E-state index in [-0.39, 0.29) is 0 Å². The number of nitrogens with zero attached hydrogens (tertiary/aromatic N) is 1. The first-order valence-corrected chi connectivity index (χ1v) is 9.53. The number of rotatable bonds is 4. The molecule has 1 aliphatic rings. The summed E-state index contributed by atoms with van der Waals surface area (Å²) in [6.07, 6.45) is 9.09. The van der Waals surface area contributed by atoms with Crippen molar-refractivity contribution < 1.29 is 4.57 Å². The van der Waals surface area contributed by atoms with Gasteiger partial charge in [0.05, 0.1) is 0 Å². The third-order valence-electron chi connectivity index (χ3n) is 5.42. The minimum atomic E-state index is 0.773. The Hall–Kier alpha value is -2.41. The molecule has 1 saturated carbocycles. The van der Waals surface area contributed by atoms with Gasteiger partial charge in [-0.3, -0.25) is 0 Å². The van der Waals surface area contributed by atoms with Crippen LogP contribution < -0.4 is 4.57 Å². The van der Waals surface area contributed by atoms with Crippen molar-refractivity contribution >= 4 is 0 Å². The summed E-state index contributed by atoms with van der Waals surface area (Å²) in [6.45, 7) is 0.904. The zero-order chi connectivity index (χ0) is 16.9. The lowest BCUT2D eigenvalue weighted by Crippen LogP contribution is -2.36. The van der Waals surface area contributed by atoms with Crippen LogP contribution in [0, 0.1) is 0 Å². The van der Waals surface area contributed by atoms with E-state index in [4.69, 9.17) is 0 Å². The van der Waals surface area contributed by atoms with Crippen molar-refractivity contribution in [2.75, 3.05) is 0 Å². The molecule has 0 saturated heterocycles. The molecule has 0 bridgehead atoms. The van der Waals surface area contributed by atoms with Gasteiger partial charge >= 0.3 is 0 Å². The van der Waals surface area contributed by atoms with Crippen LogP contribution in [0.1, 0.15) is 49.1 Å². The van der Waals surface area contributed by atoms with Gasteiger partial charge in [0.1, 0.15) is 0 Å². The second kappa shape index (κ2) is 7.65.